The first kappa shape index (κ1) is 17.4. The summed E-state index contributed by atoms with van der Waals surface area (Å²) in [6, 6.07) is 5.15. The molecule has 0 amide bonds. The fourth-order valence-electron chi connectivity index (χ4n) is 1.98. The van der Waals surface area contributed by atoms with Gasteiger partial charge in [-0.3, -0.25) is 0 Å². The third-order valence-corrected chi connectivity index (χ3v) is 6.42. The summed E-state index contributed by atoms with van der Waals surface area (Å²) in [5.41, 5.74) is 0. The van der Waals surface area contributed by atoms with Crippen LogP contribution in [-0.4, -0.2) is 38.4 Å². The Morgan fingerprint density at radius 3 is 2.68 bits per heavy atom. The third kappa shape index (κ3) is 3.71. The van der Waals surface area contributed by atoms with E-state index in [1.807, 2.05) is 13.0 Å². The van der Waals surface area contributed by atoms with Crippen LogP contribution in [0.15, 0.2) is 32.0 Å². The zero-order valence-electron chi connectivity index (χ0n) is 10.3. The summed E-state index contributed by atoms with van der Waals surface area (Å²) in [4.78, 5) is 0.311. The molecule has 1 aliphatic heterocycles. The highest BCUT2D eigenvalue weighted by Gasteiger charge is 2.32. The van der Waals surface area contributed by atoms with Crippen molar-refractivity contribution in [2.45, 2.75) is 17.9 Å². The van der Waals surface area contributed by atoms with Crippen molar-refractivity contribution in [1.29, 1.82) is 0 Å². The van der Waals surface area contributed by atoms with Crippen LogP contribution in [0.3, 0.4) is 0 Å². The van der Waals surface area contributed by atoms with E-state index in [9.17, 15) is 8.42 Å². The lowest BCUT2D eigenvalue weighted by molar-refractivity contribution is 0.283. The van der Waals surface area contributed by atoms with Crippen LogP contribution >= 0.6 is 44.3 Å². The summed E-state index contributed by atoms with van der Waals surface area (Å²) < 4.78 is 28.1. The number of nitrogens with zero attached hydrogens (tertiary/aromatic N) is 1. The number of benzene rings is 1. The molecule has 1 atom stereocenters. The van der Waals surface area contributed by atoms with E-state index in [1.54, 1.807) is 16.4 Å². The maximum absolute atomic E-state index is 12.6. The van der Waals surface area contributed by atoms with Gasteiger partial charge in [-0.1, -0.05) is 15.9 Å². The standard InChI is InChI=1S/C11H14Br2N2O2S.ClH/c1-8-7-14-4-5-15(8)18(16,17)11-6-9(12)2-3-10(11)13;/h2-3,6,8,14H,4-5,7H2,1H3;1H. The Balaban J connectivity index is 0.00000180. The van der Waals surface area contributed by atoms with E-state index in [1.165, 1.54) is 0 Å². The first-order valence-corrected chi connectivity index (χ1v) is 8.63. The van der Waals surface area contributed by atoms with E-state index in [-0.39, 0.29) is 18.4 Å². The molecular formula is C11H15Br2ClN2O2S. The molecule has 2 rings (SSSR count). The van der Waals surface area contributed by atoms with Crippen LogP contribution in [0.2, 0.25) is 0 Å². The van der Waals surface area contributed by atoms with E-state index in [0.29, 0.717) is 29.0 Å². The molecular weight excluding hydrogens is 419 g/mol. The zero-order valence-corrected chi connectivity index (χ0v) is 15.1. The zero-order chi connectivity index (χ0) is 13.3. The van der Waals surface area contributed by atoms with Crippen molar-refractivity contribution in [2.24, 2.45) is 0 Å². The second-order valence-electron chi connectivity index (χ2n) is 4.24. The lowest BCUT2D eigenvalue weighted by atomic mass is 10.3. The fraction of sp³-hybridized carbons (Fsp3) is 0.455. The number of piperazine rings is 1. The largest absolute Gasteiger partial charge is 0.314 e. The van der Waals surface area contributed by atoms with Gasteiger partial charge in [-0.05, 0) is 41.1 Å². The molecule has 0 saturated carbocycles. The predicted molar refractivity (Wildman–Crippen MR) is 85.3 cm³/mol. The molecule has 4 nitrogen and oxygen atoms in total. The molecule has 1 aromatic carbocycles. The number of hydrogen-bond acceptors (Lipinski definition) is 3. The van der Waals surface area contributed by atoms with Crippen LogP contribution in [0.25, 0.3) is 0 Å². The highest BCUT2D eigenvalue weighted by atomic mass is 79.9. The number of hydrogen-bond donors (Lipinski definition) is 1. The first-order valence-electron chi connectivity index (χ1n) is 5.60. The Bertz CT molecular complexity index is 554. The van der Waals surface area contributed by atoms with Crippen LogP contribution in [0, 0.1) is 0 Å². The quantitative estimate of drug-likeness (QED) is 0.779. The van der Waals surface area contributed by atoms with Gasteiger partial charge in [0.1, 0.15) is 0 Å². The van der Waals surface area contributed by atoms with Gasteiger partial charge in [-0.2, -0.15) is 4.31 Å². The van der Waals surface area contributed by atoms with Crippen molar-refractivity contribution >= 4 is 54.3 Å². The highest BCUT2D eigenvalue weighted by Crippen LogP contribution is 2.29. The summed E-state index contributed by atoms with van der Waals surface area (Å²) in [7, 11) is -3.45. The van der Waals surface area contributed by atoms with Crippen molar-refractivity contribution in [2.75, 3.05) is 19.6 Å². The molecule has 1 N–H and O–H groups in total. The van der Waals surface area contributed by atoms with Gasteiger partial charge in [-0.25, -0.2) is 8.42 Å². The van der Waals surface area contributed by atoms with E-state index >= 15 is 0 Å². The van der Waals surface area contributed by atoms with Crippen LogP contribution in [-0.2, 0) is 10.0 Å². The van der Waals surface area contributed by atoms with Gasteiger partial charge >= 0.3 is 0 Å². The van der Waals surface area contributed by atoms with Gasteiger partial charge in [0, 0.05) is 34.6 Å². The average Bonchev–Trinajstić information content (AvgIpc) is 2.32. The predicted octanol–water partition coefficient (Wildman–Crippen LogP) is 2.62. The summed E-state index contributed by atoms with van der Waals surface area (Å²) in [5, 5.41) is 3.19. The van der Waals surface area contributed by atoms with Crippen molar-refractivity contribution in [3.05, 3.63) is 27.1 Å². The van der Waals surface area contributed by atoms with Crippen LogP contribution < -0.4 is 5.32 Å². The molecule has 1 fully saturated rings. The van der Waals surface area contributed by atoms with Crippen LogP contribution in [0.5, 0.6) is 0 Å². The molecule has 0 spiro atoms. The lowest BCUT2D eigenvalue weighted by Gasteiger charge is -2.33. The monoisotopic (exact) mass is 432 g/mol. The minimum atomic E-state index is -3.45. The van der Waals surface area contributed by atoms with E-state index in [2.05, 4.69) is 37.2 Å². The van der Waals surface area contributed by atoms with Crippen LogP contribution in [0.1, 0.15) is 6.92 Å². The molecule has 1 heterocycles. The topological polar surface area (TPSA) is 49.4 Å². The average molecular weight is 435 g/mol. The Morgan fingerprint density at radius 1 is 1.37 bits per heavy atom. The maximum Gasteiger partial charge on any atom is 0.244 e. The number of rotatable bonds is 2. The highest BCUT2D eigenvalue weighted by molar-refractivity contribution is 9.11. The minimum absolute atomic E-state index is 0. The van der Waals surface area contributed by atoms with Crippen molar-refractivity contribution < 1.29 is 8.42 Å². The number of halogens is 3. The third-order valence-electron chi connectivity index (χ3n) is 2.92. The maximum atomic E-state index is 12.6. The van der Waals surface area contributed by atoms with Gasteiger partial charge in [0.25, 0.3) is 0 Å². The van der Waals surface area contributed by atoms with Gasteiger partial charge in [0.15, 0.2) is 0 Å². The Kier molecular flexibility index (Phi) is 6.28. The van der Waals surface area contributed by atoms with Gasteiger partial charge < -0.3 is 5.32 Å². The molecule has 1 unspecified atom stereocenters. The van der Waals surface area contributed by atoms with E-state index in [0.717, 1.165) is 4.47 Å². The molecule has 1 aliphatic rings. The Labute approximate surface area is 136 Å². The molecule has 19 heavy (non-hydrogen) atoms. The molecule has 108 valence electrons. The Morgan fingerprint density at radius 2 is 2.05 bits per heavy atom. The lowest BCUT2D eigenvalue weighted by Crippen LogP contribution is -2.52. The van der Waals surface area contributed by atoms with Crippen LogP contribution in [0.4, 0.5) is 0 Å². The molecule has 0 aliphatic carbocycles. The second kappa shape index (κ2) is 6.87. The fourth-order valence-corrected chi connectivity index (χ4v) is 5.08. The smallest absolute Gasteiger partial charge is 0.244 e. The summed E-state index contributed by atoms with van der Waals surface area (Å²) in [6.45, 7) is 3.79. The van der Waals surface area contributed by atoms with E-state index < -0.39 is 10.0 Å². The second-order valence-corrected chi connectivity index (χ2v) is 7.87. The molecule has 0 aromatic heterocycles. The first-order chi connectivity index (χ1) is 8.43. The molecule has 1 aromatic rings. The Hall–Kier alpha value is 0.340. The van der Waals surface area contributed by atoms with Crippen molar-refractivity contribution in [3.63, 3.8) is 0 Å². The molecule has 1 saturated heterocycles. The molecule has 8 heteroatoms. The van der Waals surface area contributed by atoms with Gasteiger partial charge in [-0.15, -0.1) is 12.4 Å². The number of sulfonamides is 1. The summed E-state index contributed by atoms with van der Waals surface area (Å²) in [5.74, 6) is 0. The van der Waals surface area contributed by atoms with E-state index in [4.69, 9.17) is 0 Å². The number of nitrogens with one attached hydrogen (secondary N) is 1. The van der Waals surface area contributed by atoms with Crippen molar-refractivity contribution in [3.8, 4) is 0 Å². The normalized spacial score (nSPS) is 20.9. The molecule has 0 radical (unpaired) electrons. The SMILES string of the molecule is CC1CNCCN1S(=O)(=O)c1cc(Br)ccc1Br.Cl. The summed E-state index contributed by atoms with van der Waals surface area (Å²) in [6.07, 6.45) is 0. The molecule has 0 bridgehead atoms. The minimum Gasteiger partial charge on any atom is -0.314 e. The summed E-state index contributed by atoms with van der Waals surface area (Å²) >= 11 is 6.62. The van der Waals surface area contributed by atoms with Gasteiger partial charge in [0.2, 0.25) is 10.0 Å². The van der Waals surface area contributed by atoms with Crippen molar-refractivity contribution in [1.82, 2.24) is 9.62 Å². The van der Waals surface area contributed by atoms with Gasteiger partial charge in [0.05, 0.1) is 4.90 Å².